The molecule has 2 unspecified atom stereocenters. The van der Waals surface area contributed by atoms with Crippen LogP contribution in [0.2, 0.25) is 0 Å². The van der Waals surface area contributed by atoms with Crippen molar-refractivity contribution in [3.63, 3.8) is 0 Å². The van der Waals surface area contributed by atoms with E-state index in [9.17, 15) is 9.90 Å². The Hall–Kier alpha value is -1.55. The first kappa shape index (κ1) is 16.8. The second-order valence-electron chi connectivity index (χ2n) is 6.72. The Bertz CT molecular complexity index is 566. The van der Waals surface area contributed by atoms with E-state index in [0.29, 0.717) is 12.8 Å². The van der Waals surface area contributed by atoms with Crippen molar-refractivity contribution in [2.24, 2.45) is 0 Å². The zero-order chi connectivity index (χ0) is 16.5. The van der Waals surface area contributed by atoms with E-state index < -0.39 is 6.10 Å². The summed E-state index contributed by atoms with van der Waals surface area (Å²) in [7, 11) is 0. The van der Waals surface area contributed by atoms with Gasteiger partial charge in [0.2, 0.25) is 5.91 Å². The fourth-order valence-electron chi connectivity index (χ4n) is 3.00. The van der Waals surface area contributed by atoms with Gasteiger partial charge in [0.15, 0.2) is 0 Å². The van der Waals surface area contributed by atoms with Gasteiger partial charge in [-0.1, -0.05) is 13.8 Å². The zero-order valence-electron chi connectivity index (χ0n) is 14.2. The van der Waals surface area contributed by atoms with Crippen LogP contribution in [-0.4, -0.2) is 16.6 Å². The van der Waals surface area contributed by atoms with Gasteiger partial charge < -0.3 is 15.2 Å². The zero-order valence-corrected chi connectivity index (χ0v) is 14.2. The van der Waals surface area contributed by atoms with Crippen molar-refractivity contribution in [2.45, 2.75) is 71.6 Å². The fourth-order valence-corrected chi connectivity index (χ4v) is 3.00. The molecule has 1 aromatic carbocycles. The minimum absolute atomic E-state index is 0.0350. The third kappa shape index (κ3) is 3.43. The lowest BCUT2D eigenvalue weighted by Crippen LogP contribution is -2.41. The molecule has 0 spiro atoms. The smallest absolute Gasteiger partial charge is 0.220 e. The highest BCUT2D eigenvalue weighted by Gasteiger charge is 2.35. The molecule has 1 heterocycles. The maximum absolute atomic E-state index is 11.9. The summed E-state index contributed by atoms with van der Waals surface area (Å²) >= 11 is 0. The number of carbonyl (C=O) groups excluding carboxylic acids is 1. The molecule has 22 heavy (non-hydrogen) atoms. The van der Waals surface area contributed by atoms with Gasteiger partial charge in [-0.25, -0.2) is 0 Å². The SMILES string of the molecule is CCC(=O)NC1CC(C)(C)Oc2c(C)cc(C(O)CC)cc21. The summed E-state index contributed by atoms with van der Waals surface area (Å²) in [6, 6.07) is 3.88. The number of hydrogen-bond acceptors (Lipinski definition) is 3. The lowest BCUT2D eigenvalue weighted by atomic mass is 9.86. The average molecular weight is 305 g/mol. The Morgan fingerprint density at radius 1 is 1.45 bits per heavy atom. The van der Waals surface area contributed by atoms with Gasteiger partial charge in [-0.3, -0.25) is 4.79 Å². The van der Waals surface area contributed by atoms with E-state index in [2.05, 4.69) is 5.32 Å². The Morgan fingerprint density at radius 3 is 2.73 bits per heavy atom. The average Bonchev–Trinajstić information content (AvgIpc) is 2.46. The van der Waals surface area contributed by atoms with Crippen LogP contribution in [0.15, 0.2) is 12.1 Å². The molecule has 2 rings (SSSR count). The molecule has 1 aromatic rings. The van der Waals surface area contributed by atoms with Crippen LogP contribution in [0.4, 0.5) is 0 Å². The summed E-state index contributed by atoms with van der Waals surface area (Å²) in [5, 5.41) is 13.2. The molecule has 2 atom stereocenters. The second kappa shape index (κ2) is 6.29. The Kier molecular flexibility index (Phi) is 4.81. The molecule has 0 saturated carbocycles. The van der Waals surface area contributed by atoms with Gasteiger partial charge in [-0.15, -0.1) is 0 Å². The van der Waals surface area contributed by atoms with Crippen molar-refractivity contribution in [1.82, 2.24) is 5.32 Å². The van der Waals surface area contributed by atoms with E-state index in [0.717, 1.165) is 28.9 Å². The first-order valence-corrected chi connectivity index (χ1v) is 8.08. The molecule has 0 bridgehead atoms. The number of benzene rings is 1. The van der Waals surface area contributed by atoms with E-state index >= 15 is 0 Å². The second-order valence-corrected chi connectivity index (χ2v) is 6.72. The van der Waals surface area contributed by atoms with Gasteiger partial charge in [-0.2, -0.15) is 0 Å². The van der Waals surface area contributed by atoms with Crippen LogP contribution in [-0.2, 0) is 4.79 Å². The van der Waals surface area contributed by atoms with Crippen molar-refractivity contribution in [3.8, 4) is 5.75 Å². The van der Waals surface area contributed by atoms with Crippen LogP contribution in [0, 0.1) is 6.92 Å². The molecule has 122 valence electrons. The van der Waals surface area contributed by atoms with Crippen LogP contribution >= 0.6 is 0 Å². The summed E-state index contributed by atoms with van der Waals surface area (Å²) in [5.74, 6) is 0.873. The minimum Gasteiger partial charge on any atom is -0.487 e. The number of aryl methyl sites for hydroxylation is 1. The number of amides is 1. The van der Waals surface area contributed by atoms with E-state index in [1.54, 1.807) is 0 Å². The van der Waals surface area contributed by atoms with Crippen LogP contribution in [0.5, 0.6) is 5.75 Å². The summed E-state index contributed by atoms with van der Waals surface area (Å²) in [4.78, 5) is 11.9. The molecule has 1 aliphatic rings. The van der Waals surface area contributed by atoms with Gasteiger partial charge >= 0.3 is 0 Å². The van der Waals surface area contributed by atoms with Gasteiger partial charge in [-0.05, 0) is 50.5 Å². The maximum Gasteiger partial charge on any atom is 0.220 e. The van der Waals surface area contributed by atoms with Gasteiger partial charge in [0, 0.05) is 18.4 Å². The van der Waals surface area contributed by atoms with Crippen molar-refractivity contribution in [1.29, 1.82) is 0 Å². The highest BCUT2D eigenvalue weighted by atomic mass is 16.5. The fraction of sp³-hybridized carbons (Fsp3) is 0.611. The third-order valence-corrected chi connectivity index (χ3v) is 4.20. The summed E-state index contributed by atoms with van der Waals surface area (Å²) < 4.78 is 6.13. The first-order valence-electron chi connectivity index (χ1n) is 8.08. The van der Waals surface area contributed by atoms with E-state index in [4.69, 9.17) is 4.74 Å². The highest BCUT2D eigenvalue weighted by Crippen LogP contribution is 2.43. The molecule has 0 radical (unpaired) electrons. The number of aliphatic hydroxyl groups excluding tert-OH is 1. The molecule has 0 fully saturated rings. The molecule has 4 nitrogen and oxygen atoms in total. The first-order chi connectivity index (χ1) is 10.3. The molecule has 1 aliphatic heterocycles. The predicted octanol–water partition coefficient (Wildman–Crippen LogP) is 3.57. The van der Waals surface area contributed by atoms with Gasteiger partial charge in [0.25, 0.3) is 0 Å². The Morgan fingerprint density at radius 2 is 2.14 bits per heavy atom. The number of ether oxygens (including phenoxy) is 1. The number of hydrogen-bond donors (Lipinski definition) is 2. The molecule has 0 aromatic heterocycles. The van der Waals surface area contributed by atoms with Gasteiger partial charge in [0.05, 0.1) is 12.1 Å². The lowest BCUT2D eigenvalue weighted by Gasteiger charge is -2.39. The number of rotatable bonds is 4. The molecular formula is C18H27NO3. The lowest BCUT2D eigenvalue weighted by molar-refractivity contribution is -0.122. The largest absolute Gasteiger partial charge is 0.487 e. The summed E-state index contributed by atoms with van der Waals surface area (Å²) in [5.41, 5.74) is 2.54. The van der Waals surface area contributed by atoms with Crippen molar-refractivity contribution in [2.75, 3.05) is 0 Å². The minimum atomic E-state index is -0.485. The predicted molar refractivity (Wildman–Crippen MR) is 86.9 cm³/mol. The molecule has 0 saturated heterocycles. The van der Waals surface area contributed by atoms with Gasteiger partial charge in [0.1, 0.15) is 11.4 Å². The van der Waals surface area contributed by atoms with Crippen LogP contribution in [0.25, 0.3) is 0 Å². The van der Waals surface area contributed by atoms with Crippen molar-refractivity contribution < 1.29 is 14.6 Å². The van der Waals surface area contributed by atoms with Crippen LogP contribution < -0.4 is 10.1 Å². The van der Waals surface area contributed by atoms with E-state index in [1.807, 2.05) is 46.8 Å². The molecule has 1 amide bonds. The number of fused-ring (bicyclic) bond motifs is 1. The Balaban J connectivity index is 2.48. The summed E-state index contributed by atoms with van der Waals surface area (Å²) in [6.07, 6.45) is 1.36. The van der Waals surface area contributed by atoms with Crippen LogP contribution in [0.3, 0.4) is 0 Å². The molecule has 0 aliphatic carbocycles. The van der Waals surface area contributed by atoms with Crippen LogP contribution in [0.1, 0.15) is 75.8 Å². The number of carbonyl (C=O) groups is 1. The third-order valence-electron chi connectivity index (χ3n) is 4.20. The molecule has 2 N–H and O–H groups in total. The van der Waals surface area contributed by atoms with Crippen molar-refractivity contribution in [3.05, 3.63) is 28.8 Å². The maximum atomic E-state index is 11.9. The highest BCUT2D eigenvalue weighted by molar-refractivity contribution is 5.76. The molecule has 4 heteroatoms. The summed E-state index contributed by atoms with van der Waals surface area (Å²) in [6.45, 7) is 9.87. The monoisotopic (exact) mass is 305 g/mol. The molecular weight excluding hydrogens is 278 g/mol. The van der Waals surface area contributed by atoms with Crippen molar-refractivity contribution >= 4 is 5.91 Å². The van der Waals surface area contributed by atoms with E-state index in [1.165, 1.54) is 0 Å². The Labute approximate surface area is 132 Å². The van der Waals surface area contributed by atoms with E-state index in [-0.39, 0.29) is 17.6 Å². The standard InChI is InChI=1S/C18H27NO3/c1-6-15(20)12-8-11(3)17-13(9-12)14(19-16(21)7-2)10-18(4,5)22-17/h8-9,14-15,20H,6-7,10H2,1-5H3,(H,19,21). The number of aliphatic hydroxyl groups is 1. The topological polar surface area (TPSA) is 58.6 Å². The normalized spacial score (nSPS) is 20.7. The quantitative estimate of drug-likeness (QED) is 0.894. The number of nitrogens with one attached hydrogen (secondary N) is 1.